The van der Waals surface area contributed by atoms with Crippen molar-refractivity contribution in [1.82, 2.24) is 0 Å². The minimum Gasteiger partial charge on any atom is -0.465 e. The van der Waals surface area contributed by atoms with Crippen LogP contribution in [0.25, 0.3) is 10.4 Å². The Balaban J connectivity index is 3.36. The highest BCUT2D eigenvalue weighted by Crippen LogP contribution is 2.31. The van der Waals surface area contributed by atoms with Crippen LogP contribution in [0.5, 0.6) is 0 Å². The lowest BCUT2D eigenvalue weighted by Gasteiger charge is -2.44. The molecule has 0 aromatic rings. The van der Waals surface area contributed by atoms with Crippen molar-refractivity contribution in [3.05, 3.63) is 10.4 Å². The standard InChI is InChI=1S/C23H34BrN3O14/c1-6-34-21(32)17(24)22(35-10-9-33-8-7-26-27-25)41-23-20(39-15(5)31)19(38-14(4)30)18(37-13(3)29)16(40-23)11-36-12(2)28/h16-20,22-23H,6-11H2,1-5H3/t16-,17?,18+,19+,20-,22?,23-/m1/s1. The quantitative estimate of drug-likeness (QED) is 0.0313. The van der Waals surface area contributed by atoms with Gasteiger partial charge in [-0.2, -0.15) is 0 Å². The van der Waals surface area contributed by atoms with Gasteiger partial charge in [0.25, 0.3) is 0 Å². The van der Waals surface area contributed by atoms with Crippen molar-refractivity contribution in [2.45, 2.75) is 76.4 Å². The first-order chi connectivity index (χ1) is 19.4. The molecule has 0 bridgehead atoms. The smallest absolute Gasteiger partial charge is 0.324 e. The van der Waals surface area contributed by atoms with Crippen molar-refractivity contribution in [2.24, 2.45) is 5.11 Å². The third-order valence-corrected chi connectivity index (χ3v) is 5.68. The van der Waals surface area contributed by atoms with E-state index in [0.717, 1.165) is 27.7 Å². The molecule has 1 aliphatic rings. The Kier molecular flexibility index (Phi) is 16.8. The summed E-state index contributed by atoms with van der Waals surface area (Å²) in [4.78, 5) is 61.3. The molecule has 232 valence electrons. The molecule has 1 saturated heterocycles. The molecule has 0 aromatic carbocycles. The van der Waals surface area contributed by atoms with Crippen LogP contribution < -0.4 is 0 Å². The first-order valence-corrected chi connectivity index (χ1v) is 13.3. The lowest BCUT2D eigenvalue weighted by molar-refractivity contribution is -0.339. The Morgan fingerprint density at radius 3 is 2.05 bits per heavy atom. The molecule has 1 rings (SSSR count). The Morgan fingerprint density at radius 2 is 1.49 bits per heavy atom. The molecule has 0 aliphatic carbocycles. The van der Waals surface area contributed by atoms with Crippen LogP contribution in [0.3, 0.4) is 0 Å². The van der Waals surface area contributed by atoms with Gasteiger partial charge in [0.1, 0.15) is 12.7 Å². The monoisotopic (exact) mass is 655 g/mol. The van der Waals surface area contributed by atoms with Gasteiger partial charge >= 0.3 is 29.8 Å². The predicted molar refractivity (Wildman–Crippen MR) is 137 cm³/mol. The summed E-state index contributed by atoms with van der Waals surface area (Å²) in [6, 6.07) is 0. The number of hydrogen-bond acceptors (Lipinski definition) is 15. The van der Waals surface area contributed by atoms with Crippen molar-refractivity contribution in [1.29, 1.82) is 0 Å². The average molecular weight is 656 g/mol. The number of ether oxygens (including phenoxy) is 9. The molecular formula is C23H34BrN3O14. The largest absolute Gasteiger partial charge is 0.465 e. The maximum atomic E-state index is 12.5. The summed E-state index contributed by atoms with van der Waals surface area (Å²) in [7, 11) is 0. The molecule has 7 atom stereocenters. The summed E-state index contributed by atoms with van der Waals surface area (Å²) >= 11 is 3.17. The van der Waals surface area contributed by atoms with Gasteiger partial charge in [-0.25, -0.2) is 0 Å². The van der Waals surface area contributed by atoms with Crippen molar-refractivity contribution >= 4 is 45.8 Å². The fourth-order valence-corrected chi connectivity index (χ4v) is 3.84. The van der Waals surface area contributed by atoms with Crippen LogP contribution in [-0.4, -0.2) is 111 Å². The number of azide groups is 1. The third-order valence-electron chi connectivity index (χ3n) is 4.88. The predicted octanol–water partition coefficient (Wildman–Crippen LogP) is 1.08. The molecule has 1 fully saturated rings. The van der Waals surface area contributed by atoms with E-state index >= 15 is 0 Å². The normalized spacial score (nSPS) is 23.2. The van der Waals surface area contributed by atoms with Gasteiger partial charge in [0.2, 0.25) is 6.29 Å². The van der Waals surface area contributed by atoms with Crippen molar-refractivity contribution in [2.75, 3.05) is 39.6 Å². The van der Waals surface area contributed by atoms with Gasteiger partial charge in [-0.3, -0.25) is 24.0 Å². The van der Waals surface area contributed by atoms with Gasteiger partial charge in [0, 0.05) is 39.2 Å². The number of rotatable bonds is 17. The molecule has 0 spiro atoms. The highest BCUT2D eigenvalue weighted by atomic mass is 79.9. The molecule has 17 nitrogen and oxygen atoms in total. The van der Waals surface area contributed by atoms with Gasteiger partial charge in [-0.15, -0.1) is 0 Å². The van der Waals surface area contributed by atoms with E-state index in [-0.39, 0.29) is 33.0 Å². The molecule has 2 unspecified atom stereocenters. The number of esters is 5. The first kappa shape index (κ1) is 36.0. The van der Waals surface area contributed by atoms with Crippen molar-refractivity contribution < 1.29 is 66.6 Å². The van der Waals surface area contributed by atoms with Gasteiger partial charge in [0.05, 0.1) is 26.4 Å². The van der Waals surface area contributed by atoms with Crippen LogP contribution in [0.4, 0.5) is 0 Å². The summed E-state index contributed by atoms with van der Waals surface area (Å²) < 4.78 is 48.9. The topological polar surface area (TPSA) is 217 Å². The van der Waals surface area contributed by atoms with Gasteiger partial charge in [-0.05, 0) is 12.5 Å². The molecule has 0 saturated carbocycles. The maximum absolute atomic E-state index is 12.5. The maximum Gasteiger partial charge on any atom is 0.324 e. The minimum absolute atomic E-state index is 0.00191. The highest BCUT2D eigenvalue weighted by Gasteiger charge is 2.54. The second-order valence-electron chi connectivity index (χ2n) is 8.16. The Bertz CT molecular complexity index is 947. The van der Waals surface area contributed by atoms with Crippen LogP contribution in [0.2, 0.25) is 0 Å². The summed E-state index contributed by atoms with van der Waals surface area (Å²) in [6.45, 7) is 5.58. The van der Waals surface area contributed by atoms with Crippen LogP contribution in [-0.2, 0) is 66.6 Å². The fourth-order valence-electron chi connectivity index (χ4n) is 3.43. The molecule has 41 heavy (non-hydrogen) atoms. The number of carbonyl (C=O) groups excluding carboxylic acids is 5. The first-order valence-electron chi connectivity index (χ1n) is 12.4. The SMILES string of the molecule is CCOC(=O)C(Br)C(OCCOCCN=[N+]=[N-])O[C@H]1O[C@H](COC(C)=O)[C@H](OC(C)=O)[C@H](OC(C)=O)[C@H]1OC(C)=O. The Hall–Kier alpha value is -3.02. The van der Waals surface area contributed by atoms with Gasteiger partial charge < -0.3 is 42.6 Å². The fraction of sp³-hybridized carbons (Fsp3) is 0.783. The Morgan fingerprint density at radius 1 is 0.878 bits per heavy atom. The van der Waals surface area contributed by atoms with E-state index in [1.54, 1.807) is 6.92 Å². The molecule has 1 heterocycles. The Labute approximate surface area is 244 Å². The number of nitrogens with zero attached hydrogens (tertiary/aromatic N) is 3. The van der Waals surface area contributed by atoms with Gasteiger partial charge in [0.15, 0.2) is 29.4 Å². The molecule has 18 heteroatoms. The second-order valence-corrected chi connectivity index (χ2v) is 9.15. The number of carbonyl (C=O) groups is 5. The van der Waals surface area contributed by atoms with Crippen LogP contribution >= 0.6 is 15.9 Å². The van der Waals surface area contributed by atoms with Crippen LogP contribution in [0.1, 0.15) is 34.6 Å². The molecular weight excluding hydrogens is 622 g/mol. The highest BCUT2D eigenvalue weighted by molar-refractivity contribution is 9.10. The summed E-state index contributed by atoms with van der Waals surface area (Å²) in [5.74, 6) is -3.92. The average Bonchev–Trinajstić information content (AvgIpc) is 2.88. The summed E-state index contributed by atoms with van der Waals surface area (Å²) in [5, 5.41) is 3.34. The zero-order chi connectivity index (χ0) is 30.9. The molecule has 1 aliphatic heterocycles. The van der Waals surface area contributed by atoms with E-state index in [2.05, 4.69) is 26.0 Å². The van der Waals surface area contributed by atoms with Crippen LogP contribution in [0.15, 0.2) is 5.11 Å². The van der Waals surface area contributed by atoms with E-state index < -0.39 is 78.3 Å². The summed E-state index contributed by atoms with van der Waals surface area (Å²) in [5.41, 5.74) is 8.33. The van der Waals surface area contributed by atoms with Crippen molar-refractivity contribution in [3.8, 4) is 0 Å². The molecule has 0 aromatic heterocycles. The van der Waals surface area contributed by atoms with E-state index in [1.807, 2.05) is 0 Å². The van der Waals surface area contributed by atoms with Crippen LogP contribution in [0, 0.1) is 0 Å². The number of hydrogen-bond donors (Lipinski definition) is 0. The van der Waals surface area contributed by atoms with E-state index in [0.29, 0.717) is 0 Å². The van der Waals surface area contributed by atoms with E-state index in [4.69, 9.17) is 48.2 Å². The van der Waals surface area contributed by atoms with E-state index in [1.165, 1.54) is 0 Å². The minimum atomic E-state index is -1.61. The van der Waals surface area contributed by atoms with Crippen molar-refractivity contribution in [3.63, 3.8) is 0 Å². The lowest BCUT2D eigenvalue weighted by atomic mass is 9.98. The zero-order valence-electron chi connectivity index (χ0n) is 23.2. The third kappa shape index (κ3) is 13.5. The van der Waals surface area contributed by atoms with Gasteiger partial charge in [-0.1, -0.05) is 21.0 Å². The summed E-state index contributed by atoms with van der Waals surface area (Å²) in [6.07, 6.45) is -8.77. The number of alkyl halides is 1. The van der Waals surface area contributed by atoms with E-state index in [9.17, 15) is 24.0 Å². The lowest BCUT2D eigenvalue weighted by Crippen LogP contribution is -2.63. The zero-order valence-corrected chi connectivity index (χ0v) is 24.8. The molecule has 0 amide bonds. The molecule has 0 N–H and O–H groups in total. The second kappa shape index (κ2) is 19.2. The molecule has 0 radical (unpaired) electrons. The number of halogens is 1.